The summed E-state index contributed by atoms with van der Waals surface area (Å²) >= 11 is 7.12. The maximum absolute atomic E-state index is 12.0. The van der Waals surface area contributed by atoms with E-state index < -0.39 is 0 Å². The number of nitrogens with zero attached hydrogens (tertiary/aromatic N) is 3. The molecule has 8 heteroatoms. The van der Waals surface area contributed by atoms with E-state index in [1.807, 2.05) is 32.9 Å². The van der Waals surface area contributed by atoms with Crippen molar-refractivity contribution >= 4 is 29.3 Å². The summed E-state index contributed by atoms with van der Waals surface area (Å²) in [5.41, 5.74) is 0.593. The lowest BCUT2D eigenvalue weighted by molar-refractivity contribution is -0.120. The number of nitrogens with one attached hydrogen (secondary N) is 1. The predicted octanol–water partition coefficient (Wildman–Crippen LogP) is 2.71. The molecule has 23 heavy (non-hydrogen) atoms. The van der Waals surface area contributed by atoms with E-state index in [0.29, 0.717) is 16.0 Å². The summed E-state index contributed by atoms with van der Waals surface area (Å²) in [6, 6.07) is 7.17. The number of hydrogen-bond acceptors (Lipinski definition) is 5. The first-order chi connectivity index (χ1) is 10.8. The fraction of sp³-hybridized carbons (Fsp3) is 0.400. The Morgan fingerprint density at radius 3 is 2.61 bits per heavy atom. The molecule has 0 radical (unpaired) electrons. The highest BCUT2D eigenvalue weighted by molar-refractivity contribution is 7.99. The van der Waals surface area contributed by atoms with Crippen LogP contribution in [0.5, 0.6) is 0 Å². The third-order valence-corrected chi connectivity index (χ3v) is 4.66. The van der Waals surface area contributed by atoms with Gasteiger partial charge in [-0.1, -0.05) is 30.3 Å². The van der Waals surface area contributed by atoms with E-state index in [1.165, 1.54) is 16.4 Å². The fourth-order valence-corrected chi connectivity index (χ4v) is 2.59. The van der Waals surface area contributed by atoms with Crippen molar-refractivity contribution in [3.63, 3.8) is 0 Å². The molecule has 0 aliphatic heterocycles. The monoisotopic (exact) mass is 353 g/mol. The lowest BCUT2D eigenvalue weighted by Crippen LogP contribution is -2.43. The quantitative estimate of drug-likeness (QED) is 0.616. The number of benzene rings is 1. The second-order valence-electron chi connectivity index (χ2n) is 5.76. The molecule has 0 unspecified atom stereocenters. The van der Waals surface area contributed by atoms with Crippen molar-refractivity contribution in [2.24, 2.45) is 0 Å². The molecule has 6 nitrogen and oxygen atoms in total. The van der Waals surface area contributed by atoms with E-state index in [0.717, 1.165) is 12.0 Å². The zero-order valence-electron chi connectivity index (χ0n) is 13.3. The van der Waals surface area contributed by atoms with Gasteiger partial charge in [0.2, 0.25) is 11.1 Å². The molecule has 1 heterocycles. The number of nitrogens with two attached hydrogens (primary N) is 1. The Bertz CT molecular complexity index is 684. The summed E-state index contributed by atoms with van der Waals surface area (Å²) in [7, 11) is 0. The highest BCUT2D eigenvalue weighted by atomic mass is 35.5. The van der Waals surface area contributed by atoms with Crippen LogP contribution in [0.25, 0.3) is 11.4 Å². The van der Waals surface area contributed by atoms with Crippen LogP contribution in [0.3, 0.4) is 0 Å². The number of aromatic nitrogens is 3. The Kier molecular flexibility index (Phi) is 5.54. The number of rotatable bonds is 6. The first kappa shape index (κ1) is 17.6. The zero-order valence-corrected chi connectivity index (χ0v) is 14.9. The molecule has 0 saturated heterocycles. The fourth-order valence-electron chi connectivity index (χ4n) is 1.80. The molecular weight excluding hydrogens is 334 g/mol. The van der Waals surface area contributed by atoms with Crippen molar-refractivity contribution in [2.75, 3.05) is 11.6 Å². The average molecular weight is 354 g/mol. The summed E-state index contributed by atoms with van der Waals surface area (Å²) in [4.78, 5) is 12.0. The van der Waals surface area contributed by atoms with Gasteiger partial charge in [-0.05, 0) is 44.5 Å². The van der Waals surface area contributed by atoms with Gasteiger partial charge in [0.25, 0.3) is 0 Å². The summed E-state index contributed by atoms with van der Waals surface area (Å²) in [6.07, 6.45) is 0.858. The van der Waals surface area contributed by atoms with Gasteiger partial charge >= 0.3 is 0 Å². The number of nitrogen functional groups attached to an aromatic ring is 1. The van der Waals surface area contributed by atoms with Crippen LogP contribution in [0, 0.1) is 0 Å². The van der Waals surface area contributed by atoms with Crippen molar-refractivity contribution < 1.29 is 4.79 Å². The van der Waals surface area contributed by atoms with E-state index in [-0.39, 0.29) is 17.2 Å². The smallest absolute Gasteiger partial charge is 0.230 e. The highest BCUT2D eigenvalue weighted by Crippen LogP contribution is 2.23. The molecule has 0 aliphatic rings. The van der Waals surface area contributed by atoms with Gasteiger partial charge in [0.15, 0.2) is 5.82 Å². The van der Waals surface area contributed by atoms with Crippen molar-refractivity contribution in [2.45, 2.75) is 37.9 Å². The average Bonchev–Trinajstić information content (AvgIpc) is 2.87. The van der Waals surface area contributed by atoms with Gasteiger partial charge < -0.3 is 11.2 Å². The van der Waals surface area contributed by atoms with Crippen molar-refractivity contribution in [3.05, 3.63) is 29.3 Å². The molecule has 0 bridgehead atoms. The van der Waals surface area contributed by atoms with Crippen molar-refractivity contribution in [3.8, 4) is 11.4 Å². The zero-order chi connectivity index (χ0) is 17.0. The Balaban J connectivity index is 2.03. The van der Waals surface area contributed by atoms with E-state index in [9.17, 15) is 4.79 Å². The van der Waals surface area contributed by atoms with Crippen LogP contribution in [-0.2, 0) is 4.79 Å². The van der Waals surface area contributed by atoms with Crippen LogP contribution >= 0.6 is 23.4 Å². The molecular formula is C15H20ClN5OS. The van der Waals surface area contributed by atoms with Crippen LogP contribution in [0.1, 0.15) is 27.2 Å². The first-order valence-corrected chi connectivity index (χ1v) is 8.59. The summed E-state index contributed by atoms with van der Waals surface area (Å²) in [5, 5.41) is 12.2. The van der Waals surface area contributed by atoms with Crippen LogP contribution < -0.4 is 11.2 Å². The van der Waals surface area contributed by atoms with E-state index >= 15 is 0 Å². The lowest BCUT2D eigenvalue weighted by Gasteiger charge is -2.24. The maximum atomic E-state index is 12.0. The van der Waals surface area contributed by atoms with Gasteiger partial charge in [-0.15, -0.1) is 10.2 Å². The van der Waals surface area contributed by atoms with Gasteiger partial charge in [0.05, 0.1) is 5.75 Å². The minimum Gasteiger partial charge on any atom is -0.351 e. The van der Waals surface area contributed by atoms with Gasteiger partial charge in [-0.3, -0.25) is 4.79 Å². The minimum absolute atomic E-state index is 0.0575. The SMILES string of the molecule is CCC(C)(C)NC(=O)CSc1nnc(-c2ccc(Cl)cc2)n1N. The van der Waals surface area contributed by atoms with Gasteiger partial charge in [0, 0.05) is 16.1 Å². The molecule has 0 fully saturated rings. The predicted molar refractivity (Wildman–Crippen MR) is 93.9 cm³/mol. The Hall–Kier alpha value is -1.73. The first-order valence-electron chi connectivity index (χ1n) is 7.22. The van der Waals surface area contributed by atoms with Crippen LogP contribution in [-0.4, -0.2) is 32.1 Å². The minimum atomic E-state index is -0.220. The molecule has 2 rings (SSSR count). The summed E-state index contributed by atoms with van der Waals surface area (Å²) < 4.78 is 1.38. The third kappa shape index (κ3) is 4.62. The number of carbonyl (C=O) groups excluding carboxylic acids is 1. The Morgan fingerprint density at radius 2 is 2.00 bits per heavy atom. The number of thioether (sulfide) groups is 1. The third-order valence-electron chi connectivity index (χ3n) is 3.46. The molecule has 1 amide bonds. The topological polar surface area (TPSA) is 85.8 Å². The van der Waals surface area contributed by atoms with E-state index in [4.69, 9.17) is 17.4 Å². The molecule has 1 aromatic carbocycles. The van der Waals surface area contributed by atoms with Crippen LogP contribution in [0.2, 0.25) is 5.02 Å². The maximum Gasteiger partial charge on any atom is 0.230 e. The molecule has 0 atom stereocenters. The van der Waals surface area contributed by atoms with Crippen molar-refractivity contribution in [1.29, 1.82) is 0 Å². The second-order valence-corrected chi connectivity index (χ2v) is 7.14. The molecule has 1 aromatic heterocycles. The summed E-state index contributed by atoms with van der Waals surface area (Å²) in [6.45, 7) is 6.00. The van der Waals surface area contributed by atoms with E-state index in [1.54, 1.807) is 12.1 Å². The normalized spacial score (nSPS) is 11.5. The number of carbonyl (C=O) groups is 1. The number of amides is 1. The lowest BCUT2D eigenvalue weighted by atomic mass is 10.0. The van der Waals surface area contributed by atoms with Gasteiger partial charge in [-0.2, -0.15) is 0 Å². The standard InChI is InChI=1S/C15H20ClN5OS/c1-4-15(2,3)18-12(22)9-23-14-20-19-13(21(14)17)10-5-7-11(16)8-6-10/h5-8H,4,9,17H2,1-3H3,(H,18,22). The van der Waals surface area contributed by atoms with Crippen LogP contribution in [0.4, 0.5) is 0 Å². The Morgan fingerprint density at radius 1 is 1.35 bits per heavy atom. The molecule has 0 spiro atoms. The number of hydrogen-bond donors (Lipinski definition) is 2. The molecule has 0 saturated carbocycles. The summed E-state index contributed by atoms with van der Waals surface area (Å²) in [5.74, 6) is 6.72. The number of halogens is 1. The largest absolute Gasteiger partial charge is 0.351 e. The van der Waals surface area contributed by atoms with E-state index in [2.05, 4.69) is 15.5 Å². The molecule has 0 aliphatic carbocycles. The second kappa shape index (κ2) is 7.23. The van der Waals surface area contributed by atoms with Crippen LogP contribution in [0.15, 0.2) is 29.4 Å². The molecule has 3 N–H and O–H groups in total. The van der Waals surface area contributed by atoms with Crippen molar-refractivity contribution in [1.82, 2.24) is 20.2 Å². The Labute approximate surface area is 144 Å². The molecule has 124 valence electrons. The van der Waals surface area contributed by atoms with Gasteiger partial charge in [0.1, 0.15) is 0 Å². The molecule has 2 aromatic rings. The highest BCUT2D eigenvalue weighted by Gasteiger charge is 2.19. The van der Waals surface area contributed by atoms with Gasteiger partial charge in [-0.25, -0.2) is 4.68 Å².